The van der Waals surface area contributed by atoms with Gasteiger partial charge in [-0.2, -0.15) is 10.2 Å². The molecule has 4 atom stereocenters. The summed E-state index contributed by atoms with van der Waals surface area (Å²) in [6.07, 6.45) is 2.89. The quantitative estimate of drug-likeness (QED) is 0.197. The highest BCUT2D eigenvalue weighted by molar-refractivity contribution is 6.04. The van der Waals surface area contributed by atoms with Crippen molar-refractivity contribution in [2.24, 2.45) is 22.0 Å². The molecule has 0 aromatic heterocycles. The molecule has 0 spiro atoms. The van der Waals surface area contributed by atoms with E-state index in [-0.39, 0.29) is 23.7 Å². The van der Waals surface area contributed by atoms with Gasteiger partial charge in [-0.15, -0.1) is 0 Å². The number of nitrogens with one attached hydrogen (secondary N) is 4. The topological polar surface area (TPSA) is 141 Å². The van der Waals surface area contributed by atoms with E-state index in [9.17, 15) is 19.2 Å². The normalized spacial score (nSPS) is 22.3. The van der Waals surface area contributed by atoms with Crippen LogP contribution in [0, 0.1) is 11.8 Å². The van der Waals surface area contributed by atoms with Gasteiger partial charge in [0, 0.05) is 36.1 Å². The van der Waals surface area contributed by atoms with Gasteiger partial charge in [-0.3, -0.25) is 19.2 Å². The molecule has 2 aliphatic heterocycles. The summed E-state index contributed by atoms with van der Waals surface area (Å²) in [5, 5.41) is 13.6. The first-order valence-corrected chi connectivity index (χ1v) is 12.9. The number of hydrogen-bond acceptors (Lipinski definition) is 6. The minimum absolute atomic E-state index is 0.282. The Morgan fingerprint density at radius 3 is 1.40 bits per heavy atom. The lowest BCUT2D eigenvalue weighted by Gasteiger charge is -2.15. The number of amides is 4. The second kappa shape index (κ2) is 12.2. The Morgan fingerprint density at radius 1 is 0.625 bits per heavy atom. The zero-order valence-electron chi connectivity index (χ0n) is 21.5. The highest BCUT2D eigenvalue weighted by Crippen LogP contribution is 2.30. The fraction of sp³-hybridized carbons (Fsp3) is 0.200. The van der Waals surface area contributed by atoms with Gasteiger partial charge in [0.25, 0.3) is 11.8 Å². The Morgan fingerprint density at radius 2 is 1.00 bits per heavy atom. The van der Waals surface area contributed by atoms with Gasteiger partial charge >= 0.3 is 0 Å². The largest absolute Gasteiger partial charge is 0.355 e. The average molecular weight is 537 g/mol. The van der Waals surface area contributed by atoms with Crippen molar-refractivity contribution in [3.8, 4) is 0 Å². The summed E-state index contributed by atoms with van der Waals surface area (Å²) in [5.41, 5.74) is 8.00. The second-order valence-electron chi connectivity index (χ2n) is 9.58. The van der Waals surface area contributed by atoms with Gasteiger partial charge in [-0.05, 0) is 11.1 Å². The molecule has 202 valence electrons. The van der Waals surface area contributed by atoms with Crippen LogP contribution in [0.1, 0.15) is 34.1 Å². The number of nitrogens with zero attached hydrogens (tertiary/aromatic N) is 2. The molecule has 3 aromatic carbocycles. The van der Waals surface area contributed by atoms with Gasteiger partial charge in [0.2, 0.25) is 11.8 Å². The van der Waals surface area contributed by atoms with Gasteiger partial charge < -0.3 is 10.6 Å². The van der Waals surface area contributed by atoms with Crippen LogP contribution in [-0.2, 0) is 19.2 Å². The van der Waals surface area contributed by atoms with Crippen LogP contribution in [0.4, 0.5) is 0 Å². The molecule has 10 heteroatoms. The van der Waals surface area contributed by atoms with Gasteiger partial charge in [0.15, 0.2) is 0 Å². The number of benzene rings is 3. The van der Waals surface area contributed by atoms with E-state index >= 15 is 0 Å². The van der Waals surface area contributed by atoms with Crippen molar-refractivity contribution in [1.82, 2.24) is 21.5 Å². The van der Waals surface area contributed by atoms with E-state index in [0.29, 0.717) is 24.2 Å². The molecule has 2 saturated heterocycles. The second-order valence-corrected chi connectivity index (χ2v) is 9.58. The average Bonchev–Trinajstić information content (AvgIpc) is 3.57. The Balaban J connectivity index is 1.22. The number of carbonyl (C=O) groups is 4. The first-order chi connectivity index (χ1) is 19.5. The van der Waals surface area contributed by atoms with Crippen LogP contribution in [0.3, 0.4) is 0 Å². The molecule has 2 fully saturated rings. The summed E-state index contributed by atoms with van der Waals surface area (Å²) in [6, 6.07) is 25.9. The third-order valence-corrected chi connectivity index (χ3v) is 7.14. The Kier molecular flexibility index (Phi) is 8.05. The summed E-state index contributed by atoms with van der Waals surface area (Å²) < 4.78 is 0. The number of carbonyl (C=O) groups excluding carboxylic acids is 4. The van der Waals surface area contributed by atoms with E-state index in [0.717, 1.165) is 11.1 Å². The molecule has 2 aliphatic rings. The van der Waals surface area contributed by atoms with E-state index in [1.165, 1.54) is 12.4 Å². The van der Waals surface area contributed by atoms with Crippen molar-refractivity contribution in [2.75, 3.05) is 13.1 Å². The Labute approximate surface area is 230 Å². The van der Waals surface area contributed by atoms with Gasteiger partial charge in [0.05, 0.1) is 12.4 Å². The van der Waals surface area contributed by atoms with E-state index in [4.69, 9.17) is 0 Å². The number of rotatable bonds is 8. The van der Waals surface area contributed by atoms with Crippen molar-refractivity contribution >= 4 is 36.1 Å². The summed E-state index contributed by atoms with van der Waals surface area (Å²) in [6.45, 7) is 0.758. The lowest BCUT2D eigenvalue weighted by atomic mass is 9.88. The minimum Gasteiger partial charge on any atom is -0.355 e. The molecule has 0 bridgehead atoms. The minimum atomic E-state index is -0.890. The van der Waals surface area contributed by atoms with Crippen LogP contribution in [0.2, 0.25) is 0 Å². The summed E-state index contributed by atoms with van der Waals surface area (Å²) in [5.74, 6) is -4.02. The van der Waals surface area contributed by atoms with E-state index in [2.05, 4.69) is 31.7 Å². The van der Waals surface area contributed by atoms with Crippen molar-refractivity contribution in [3.63, 3.8) is 0 Å². The van der Waals surface area contributed by atoms with E-state index in [1.54, 1.807) is 24.3 Å². The standard InChI is InChI=1S/C30H28N6O4/c37-27-25(23(17-31-27)19-9-3-1-4-10-19)29(39)35-33-15-21-13-7-8-14-22(21)16-34-36-30(40)26-24(18-32-28(26)38)20-11-5-2-6-12-20/h1-16,23-26H,17-18H2,(H,31,37)(H,32,38)(H,35,39)(H,36,40)/b33-15-,34-16+/t23-,24+,25+,26-/m1/s1. The zero-order valence-corrected chi connectivity index (χ0v) is 21.5. The summed E-state index contributed by atoms with van der Waals surface area (Å²) in [7, 11) is 0. The third-order valence-electron chi connectivity index (χ3n) is 7.14. The number of hydrogen-bond donors (Lipinski definition) is 4. The Hall–Kier alpha value is -5.12. The van der Waals surface area contributed by atoms with Gasteiger partial charge in [-0.1, -0.05) is 84.9 Å². The summed E-state index contributed by atoms with van der Waals surface area (Å²) >= 11 is 0. The van der Waals surface area contributed by atoms with Crippen LogP contribution >= 0.6 is 0 Å². The van der Waals surface area contributed by atoms with Gasteiger partial charge in [-0.25, -0.2) is 10.9 Å². The van der Waals surface area contributed by atoms with Gasteiger partial charge in [0.1, 0.15) is 11.8 Å². The van der Waals surface area contributed by atoms with Crippen LogP contribution in [0.25, 0.3) is 0 Å². The van der Waals surface area contributed by atoms with Crippen LogP contribution in [0.15, 0.2) is 95.1 Å². The molecule has 4 amide bonds. The van der Waals surface area contributed by atoms with Crippen LogP contribution in [0.5, 0.6) is 0 Å². The molecule has 0 aliphatic carbocycles. The number of hydrazone groups is 2. The molecule has 0 saturated carbocycles. The molecule has 4 N–H and O–H groups in total. The van der Waals surface area contributed by atoms with E-state index in [1.807, 2.05) is 60.7 Å². The SMILES string of the molecule is O=C1NC[C@H](c2ccccc2)[C@@H]1C(=O)N/N=C\c1ccccc1/C=N/NC(=O)[C@H]1C(=O)NC[C@H]1c1ccccc1. The van der Waals surface area contributed by atoms with Crippen molar-refractivity contribution < 1.29 is 19.2 Å². The molecular weight excluding hydrogens is 508 g/mol. The lowest BCUT2D eigenvalue weighted by Crippen LogP contribution is -2.34. The maximum Gasteiger partial charge on any atom is 0.253 e. The predicted molar refractivity (Wildman–Crippen MR) is 149 cm³/mol. The van der Waals surface area contributed by atoms with Crippen molar-refractivity contribution in [3.05, 3.63) is 107 Å². The first kappa shape index (κ1) is 26.5. The third kappa shape index (κ3) is 5.80. The van der Waals surface area contributed by atoms with Crippen LogP contribution < -0.4 is 21.5 Å². The van der Waals surface area contributed by atoms with Crippen LogP contribution in [-0.4, -0.2) is 49.1 Å². The molecular formula is C30H28N6O4. The predicted octanol–water partition coefficient (Wildman–Crippen LogP) is 1.65. The van der Waals surface area contributed by atoms with E-state index < -0.39 is 23.7 Å². The fourth-order valence-corrected chi connectivity index (χ4v) is 5.08. The molecule has 10 nitrogen and oxygen atoms in total. The molecule has 0 unspecified atom stereocenters. The molecule has 3 aromatic rings. The fourth-order valence-electron chi connectivity index (χ4n) is 5.08. The molecule has 5 rings (SSSR count). The highest BCUT2D eigenvalue weighted by Gasteiger charge is 2.42. The monoisotopic (exact) mass is 536 g/mol. The maximum atomic E-state index is 12.9. The smallest absolute Gasteiger partial charge is 0.253 e. The summed E-state index contributed by atoms with van der Waals surface area (Å²) in [4.78, 5) is 50.5. The molecule has 0 radical (unpaired) electrons. The maximum absolute atomic E-state index is 12.9. The molecule has 2 heterocycles. The van der Waals surface area contributed by atoms with Crippen molar-refractivity contribution in [1.29, 1.82) is 0 Å². The highest BCUT2D eigenvalue weighted by atomic mass is 16.2. The zero-order chi connectivity index (χ0) is 27.9. The molecule has 40 heavy (non-hydrogen) atoms. The Bertz CT molecular complexity index is 1350. The first-order valence-electron chi connectivity index (χ1n) is 12.9. The lowest BCUT2D eigenvalue weighted by molar-refractivity contribution is -0.135. The van der Waals surface area contributed by atoms with Crippen molar-refractivity contribution in [2.45, 2.75) is 11.8 Å².